The van der Waals surface area contributed by atoms with E-state index >= 15 is 0 Å². The van der Waals surface area contributed by atoms with Gasteiger partial charge < -0.3 is 10.3 Å². The molecule has 0 spiro atoms. The second-order valence-electron chi connectivity index (χ2n) is 2.52. The Morgan fingerprint density at radius 2 is 1.64 bits per heavy atom. The van der Waals surface area contributed by atoms with Crippen molar-refractivity contribution in [1.29, 1.82) is 0 Å². The Kier molecular flexibility index (Phi) is 4.50. The number of hydrogen-bond donors (Lipinski definition) is 4. The molecule has 11 heavy (non-hydrogen) atoms. The van der Waals surface area contributed by atoms with E-state index in [4.69, 9.17) is 20.7 Å². The molecule has 1 atom stereocenters. The van der Waals surface area contributed by atoms with Crippen LogP contribution in [-0.4, -0.2) is 49.8 Å². The molecular formula is C5H14N2O4. The highest BCUT2D eigenvalue weighted by atomic mass is 16.8. The van der Waals surface area contributed by atoms with Crippen molar-refractivity contribution in [2.45, 2.75) is 26.1 Å². The second kappa shape index (κ2) is 4.60. The number of nitrogens with zero attached hydrogens (tertiary/aromatic N) is 2. The first-order valence-corrected chi connectivity index (χ1v) is 3.25. The summed E-state index contributed by atoms with van der Waals surface area (Å²) in [5.41, 5.74) is 0. The van der Waals surface area contributed by atoms with Gasteiger partial charge in [0.1, 0.15) is 0 Å². The van der Waals surface area contributed by atoms with Crippen molar-refractivity contribution in [2.75, 3.05) is 6.54 Å². The summed E-state index contributed by atoms with van der Waals surface area (Å²) >= 11 is 0. The SMILES string of the molecule is CC(C)N(O)CC(O)N(O)O. The van der Waals surface area contributed by atoms with Crippen molar-refractivity contribution >= 4 is 0 Å². The molecule has 0 aliphatic heterocycles. The minimum absolute atomic E-state index is 0.176. The molecule has 1 unspecified atom stereocenters. The average molecular weight is 166 g/mol. The van der Waals surface area contributed by atoms with Crippen LogP contribution >= 0.6 is 0 Å². The third-order valence-corrected chi connectivity index (χ3v) is 1.21. The standard InChI is InChI=1S/C5H14N2O4/c1-4(2)6(9)3-5(8)7(10)11/h4-5,8-11H,3H2,1-2H3. The average Bonchev–Trinajstić information content (AvgIpc) is 1.87. The van der Waals surface area contributed by atoms with Crippen molar-refractivity contribution < 1.29 is 20.7 Å². The highest BCUT2D eigenvalue weighted by Crippen LogP contribution is 1.96. The van der Waals surface area contributed by atoms with Crippen LogP contribution in [0.5, 0.6) is 0 Å². The molecule has 6 heteroatoms. The van der Waals surface area contributed by atoms with Crippen LogP contribution in [0.15, 0.2) is 0 Å². The fourth-order valence-electron chi connectivity index (χ4n) is 0.451. The third-order valence-electron chi connectivity index (χ3n) is 1.21. The first-order valence-electron chi connectivity index (χ1n) is 3.25. The number of aliphatic hydroxyl groups is 1. The molecule has 0 bridgehead atoms. The summed E-state index contributed by atoms with van der Waals surface area (Å²) in [4.78, 5) is 0. The van der Waals surface area contributed by atoms with Crippen LogP contribution in [0.4, 0.5) is 0 Å². The summed E-state index contributed by atoms with van der Waals surface area (Å²) in [5.74, 6) is 0. The van der Waals surface area contributed by atoms with Crippen LogP contribution in [0.2, 0.25) is 0 Å². The van der Waals surface area contributed by atoms with Gasteiger partial charge in [0, 0.05) is 6.04 Å². The van der Waals surface area contributed by atoms with E-state index in [0.717, 1.165) is 5.06 Å². The highest BCUT2D eigenvalue weighted by Gasteiger charge is 2.16. The molecule has 0 heterocycles. The van der Waals surface area contributed by atoms with E-state index in [-0.39, 0.29) is 17.8 Å². The Labute approximate surface area is 64.8 Å². The van der Waals surface area contributed by atoms with E-state index < -0.39 is 6.23 Å². The molecule has 0 aromatic rings. The number of aliphatic hydroxyl groups excluding tert-OH is 1. The van der Waals surface area contributed by atoms with Gasteiger partial charge in [-0.1, -0.05) is 0 Å². The first-order chi connectivity index (χ1) is 4.95. The van der Waals surface area contributed by atoms with E-state index in [1.165, 1.54) is 0 Å². The lowest BCUT2D eigenvalue weighted by Crippen LogP contribution is -2.42. The maximum absolute atomic E-state index is 8.97. The van der Waals surface area contributed by atoms with Gasteiger partial charge in [-0.2, -0.15) is 5.06 Å². The van der Waals surface area contributed by atoms with Crippen LogP contribution in [0.3, 0.4) is 0 Å². The van der Waals surface area contributed by atoms with Gasteiger partial charge in [0.2, 0.25) is 0 Å². The largest absolute Gasteiger partial charge is 0.372 e. The molecule has 68 valence electrons. The molecule has 0 rings (SSSR count). The molecule has 0 aliphatic carbocycles. The van der Waals surface area contributed by atoms with Crippen molar-refractivity contribution in [1.82, 2.24) is 10.3 Å². The van der Waals surface area contributed by atoms with Crippen molar-refractivity contribution in [3.8, 4) is 0 Å². The Bertz CT molecular complexity index is 96.7. The van der Waals surface area contributed by atoms with Gasteiger partial charge in [-0.3, -0.25) is 10.4 Å². The van der Waals surface area contributed by atoms with E-state index in [9.17, 15) is 0 Å². The zero-order valence-electron chi connectivity index (χ0n) is 6.55. The van der Waals surface area contributed by atoms with Crippen LogP contribution in [0.1, 0.15) is 13.8 Å². The number of hydroxylamine groups is 4. The van der Waals surface area contributed by atoms with Crippen molar-refractivity contribution in [3.05, 3.63) is 0 Å². The summed E-state index contributed by atoms with van der Waals surface area (Å²) in [7, 11) is 0. The molecule has 0 fully saturated rings. The molecular weight excluding hydrogens is 152 g/mol. The van der Waals surface area contributed by atoms with Gasteiger partial charge in [-0.25, -0.2) is 0 Å². The van der Waals surface area contributed by atoms with Gasteiger partial charge >= 0.3 is 0 Å². The predicted octanol–water partition coefficient (Wildman–Crippen LogP) is -0.515. The fourth-order valence-corrected chi connectivity index (χ4v) is 0.451. The van der Waals surface area contributed by atoms with Crippen LogP contribution in [0.25, 0.3) is 0 Å². The van der Waals surface area contributed by atoms with Gasteiger partial charge in [0.15, 0.2) is 6.23 Å². The highest BCUT2D eigenvalue weighted by molar-refractivity contribution is 4.54. The topological polar surface area (TPSA) is 87.4 Å². The summed E-state index contributed by atoms with van der Waals surface area (Å²) < 4.78 is 0. The van der Waals surface area contributed by atoms with Crippen molar-refractivity contribution in [2.24, 2.45) is 0 Å². The first kappa shape index (κ1) is 10.8. The van der Waals surface area contributed by atoms with E-state index in [0.29, 0.717) is 0 Å². The Morgan fingerprint density at radius 1 is 1.18 bits per heavy atom. The minimum atomic E-state index is -1.50. The lowest BCUT2D eigenvalue weighted by Gasteiger charge is -2.23. The zero-order valence-corrected chi connectivity index (χ0v) is 6.55. The van der Waals surface area contributed by atoms with E-state index in [2.05, 4.69) is 0 Å². The van der Waals surface area contributed by atoms with Crippen LogP contribution < -0.4 is 0 Å². The summed E-state index contributed by atoms with van der Waals surface area (Å²) in [6.45, 7) is 3.16. The Hall–Kier alpha value is -0.240. The minimum Gasteiger partial charge on any atom is -0.372 e. The molecule has 0 amide bonds. The number of rotatable bonds is 4. The molecule has 0 aromatic carbocycles. The van der Waals surface area contributed by atoms with Crippen LogP contribution in [-0.2, 0) is 0 Å². The van der Waals surface area contributed by atoms with E-state index in [1.807, 2.05) is 0 Å². The summed E-state index contributed by atoms with van der Waals surface area (Å²) in [5, 5.41) is 34.7. The second-order valence-corrected chi connectivity index (χ2v) is 2.52. The fraction of sp³-hybridized carbons (Fsp3) is 1.00. The Morgan fingerprint density at radius 3 is 1.91 bits per heavy atom. The lowest BCUT2D eigenvalue weighted by molar-refractivity contribution is -0.378. The Balaban J connectivity index is 3.66. The molecule has 6 nitrogen and oxygen atoms in total. The third kappa shape index (κ3) is 4.25. The molecule has 0 aromatic heterocycles. The predicted molar refractivity (Wildman–Crippen MR) is 35.0 cm³/mol. The van der Waals surface area contributed by atoms with Crippen molar-refractivity contribution in [3.63, 3.8) is 0 Å². The maximum atomic E-state index is 8.97. The zero-order chi connectivity index (χ0) is 9.02. The van der Waals surface area contributed by atoms with Gasteiger partial charge in [-0.15, -0.1) is 0 Å². The normalized spacial score (nSPS) is 15.0. The quantitative estimate of drug-likeness (QED) is 0.332. The maximum Gasteiger partial charge on any atom is 0.171 e. The monoisotopic (exact) mass is 166 g/mol. The molecule has 0 radical (unpaired) electrons. The molecule has 0 aliphatic rings. The van der Waals surface area contributed by atoms with E-state index in [1.54, 1.807) is 13.8 Å². The summed E-state index contributed by atoms with van der Waals surface area (Å²) in [6.07, 6.45) is -1.50. The molecule has 4 N–H and O–H groups in total. The lowest BCUT2D eigenvalue weighted by atomic mass is 10.4. The molecule has 0 saturated heterocycles. The summed E-state index contributed by atoms with van der Waals surface area (Å²) in [6, 6.07) is -0.176. The number of hydrogen-bond acceptors (Lipinski definition) is 6. The van der Waals surface area contributed by atoms with Gasteiger partial charge in [-0.05, 0) is 19.1 Å². The van der Waals surface area contributed by atoms with Gasteiger partial charge in [0.05, 0.1) is 6.54 Å². The molecule has 0 saturated carbocycles. The van der Waals surface area contributed by atoms with Crippen LogP contribution in [0, 0.1) is 0 Å². The smallest absolute Gasteiger partial charge is 0.171 e. The van der Waals surface area contributed by atoms with Gasteiger partial charge in [0.25, 0.3) is 0 Å².